The zero-order valence-electron chi connectivity index (χ0n) is 8.42. The molecule has 2 rings (SSSR count). The Bertz CT molecular complexity index is 591. The Balaban J connectivity index is 2.62. The van der Waals surface area contributed by atoms with Gasteiger partial charge in [-0.15, -0.1) is 0 Å². The van der Waals surface area contributed by atoms with Crippen LogP contribution in [0.4, 0.5) is 5.69 Å². The van der Waals surface area contributed by atoms with Gasteiger partial charge in [0.2, 0.25) is 0 Å². The van der Waals surface area contributed by atoms with Crippen molar-refractivity contribution in [2.24, 2.45) is 0 Å². The fourth-order valence-electron chi connectivity index (χ4n) is 1.46. The standard InChI is InChI=1S/C11H6BrNO4/c12-9-3-1-2-8(11(9)13(15)16)10-5-4-7(6-14)17-10/h1-6H. The molecule has 0 amide bonds. The molecule has 6 heteroatoms. The van der Waals surface area contributed by atoms with Crippen LogP contribution in [-0.2, 0) is 0 Å². The predicted octanol–water partition coefficient (Wildman–Crippen LogP) is 3.43. The van der Waals surface area contributed by atoms with E-state index in [4.69, 9.17) is 4.42 Å². The van der Waals surface area contributed by atoms with E-state index in [0.717, 1.165) is 0 Å². The molecule has 86 valence electrons. The maximum Gasteiger partial charge on any atom is 0.294 e. The highest BCUT2D eigenvalue weighted by atomic mass is 79.9. The van der Waals surface area contributed by atoms with Crippen molar-refractivity contribution in [3.63, 3.8) is 0 Å². The molecule has 0 bridgehead atoms. The lowest BCUT2D eigenvalue weighted by Crippen LogP contribution is -1.92. The summed E-state index contributed by atoms with van der Waals surface area (Å²) in [6, 6.07) is 7.79. The zero-order chi connectivity index (χ0) is 12.4. The third-order valence-corrected chi connectivity index (χ3v) is 2.82. The molecule has 2 aromatic rings. The van der Waals surface area contributed by atoms with Gasteiger partial charge in [-0.3, -0.25) is 14.9 Å². The maximum atomic E-state index is 11.0. The summed E-state index contributed by atoms with van der Waals surface area (Å²) in [4.78, 5) is 21.0. The van der Waals surface area contributed by atoms with E-state index < -0.39 is 4.92 Å². The number of nitro benzene ring substituents is 1. The topological polar surface area (TPSA) is 73.3 Å². The van der Waals surface area contributed by atoms with Crippen molar-refractivity contribution in [3.8, 4) is 11.3 Å². The Morgan fingerprint density at radius 1 is 1.29 bits per heavy atom. The van der Waals surface area contributed by atoms with E-state index in [-0.39, 0.29) is 11.4 Å². The fourth-order valence-corrected chi connectivity index (χ4v) is 1.97. The number of benzene rings is 1. The smallest absolute Gasteiger partial charge is 0.294 e. The first-order valence-electron chi connectivity index (χ1n) is 4.62. The average molecular weight is 296 g/mol. The summed E-state index contributed by atoms with van der Waals surface area (Å²) in [6.07, 6.45) is 0.549. The summed E-state index contributed by atoms with van der Waals surface area (Å²) in [5.74, 6) is 0.425. The number of carbonyl (C=O) groups is 1. The summed E-state index contributed by atoms with van der Waals surface area (Å²) in [6.45, 7) is 0. The van der Waals surface area contributed by atoms with Gasteiger partial charge in [-0.1, -0.05) is 6.07 Å². The van der Waals surface area contributed by atoms with Crippen molar-refractivity contribution in [2.45, 2.75) is 0 Å². The number of rotatable bonds is 3. The Hall–Kier alpha value is -1.95. The van der Waals surface area contributed by atoms with Crippen LogP contribution in [0.5, 0.6) is 0 Å². The van der Waals surface area contributed by atoms with Gasteiger partial charge in [0.25, 0.3) is 5.69 Å². The lowest BCUT2D eigenvalue weighted by molar-refractivity contribution is -0.385. The Labute approximate surface area is 104 Å². The molecule has 0 saturated carbocycles. The lowest BCUT2D eigenvalue weighted by Gasteiger charge is -2.01. The molecule has 0 fully saturated rings. The zero-order valence-corrected chi connectivity index (χ0v) is 10.0. The number of carbonyl (C=O) groups excluding carboxylic acids is 1. The minimum Gasteiger partial charge on any atom is -0.453 e. The van der Waals surface area contributed by atoms with Crippen molar-refractivity contribution >= 4 is 27.9 Å². The van der Waals surface area contributed by atoms with Crippen LogP contribution < -0.4 is 0 Å². The predicted molar refractivity (Wildman–Crippen MR) is 63.9 cm³/mol. The van der Waals surface area contributed by atoms with E-state index in [0.29, 0.717) is 22.1 Å². The van der Waals surface area contributed by atoms with E-state index >= 15 is 0 Å². The van der Waals surface area contributed by atoms with Gasteiger partial charge >= 0.3 is 0 Å². The van der Waals surface area contributed by atoms with Crippen molar-refractivity contribution in [1.29, 1.82) is 0 Å². The van der Waals surface area contributed by atoms with Crippen LogP contribution in [0.25, 0.3) is 11.3 Å². The van der Waals surface area contributed by atoms with Crippen LogP contribution in [-0.4, -0.2) is 11.2 Å². The number of hydrogen-bond donors (Lipinski definition) is 0. The molecule has 0 atom stereocenters. The molecule has 0 N–H and O–H groups in total. The molecular weight excluding hydrogens is 290 g/mol. The second kappa shape index (κ2) is 4.50. The highest BCUT2D eigenvalue weighted by molar-refractivity contribution is 9.10. The third kappa shape index (κ3) is 2.12. The fraction of sp³-hybridized carbons (Fsp3) is 0. The van der Waals surface area contributed by atoms with E-state index in [1.54, 1.807) is 18.2 Å². The first-order chi connectivity index (χ1) is 8.13. The first kappa shape index (κ1) is 11.5. The number of nitro groups is 1. The van der Waals surface area contributed by atoms with Crippen molar-refractivity contribution < 1.29 is 14.1 Å². The lowest BCUT2D eigenvalue weighted by atomic mass is 10.1. The molecule has 0 aliphatic rings. The number of aldehydes is 1. The van der Waals surface area contributed by atoms with Gasteiger partial charge < -0.3 is 4.42 Å². The molecule has 1 heterocycles. The Morgan fingerprint density at radius 3 is 2.65 bits per heavy atom. The maximum absolute atomic E-state index is 11.0. The summed E-state index contributed by atoms with van der Waals surface area (Å²) in [5.41, 5.74) is 0.247. The summed E-state index contributed by atoms with van der Waals surface area (Å²) in [7, 11) is 0. The summed E-state index contributed by atoms with van der Waals surface area (Å²) < 4.78 is 5.54. The number of para-hydroxylation sites is 1. The van der Waals surface area contributed by atoms with Crippen molar-refractivity contribution in [2.75, 3.05) is 0 Å². The summed E-state index contributed by atoms with van der Waals surface area (Å²) in [5, 5.41) is 11.0. The van der Waals surface area contributed by atoms with Crippen LogP contribution in [0.2, 0.25) is 0 Å². The van der Waals surface area contributed by atoms with Crippen LogP contribution in [0.3, 0.4) is 0 Å². The normalized spacial score (nSPS) is 10.2. The largest absolute Gasteiger partial charge is 0.453 e. The SMILES string of the molecule is O=Cc1ccc(-c2cccc(Br)c2[N+](=O)[O-])o1. The van der Waals surface area contributed by atoms with Crippen molar-refractivity contribution in [3.05, 3.63) is 50.7 Å². The number of halogens is 1. The monoisotopic (exact) mass is 295 g/mol. The van der Waals surface area contributed by atoms with Crippen molar-refractivity contribution in [1.82, 2.24) is 0 Å². The second-order valence-electron chi connectivity index (χ2n) is 3.21. The van der Waals surface area contributed by atoms with Gasteiger partial charge in [-0.25, -0.2) is 0 Å². The van der Waals surface area contributed by atoms with E-state index in [2.05, 4.69) is 15.9 Å². The van der Waals surface area contributed by atoms with Gasteiger partial charge in [-0.05, 0) is 40.2 Å². The molecule has 5 nitrogen and oxygen atoms in total. The summed E-state index contributed by atoms with van der Waals surface area (Å²) >= 11 is 3.12. The van der Waals surface area contributed by atoms with E-state index in [1.807, 2.05) is 0 Å². The minimum atomic E-state index is -0.498. The Kier molecular flexibility index (Phi) is 3.06. The molecule has 0 saturated heterocycles. The highest BCUT2D eigenvalue weighted by Gasteiger charge is 2.21. The molecular formula is C11H6BrNO4. The number of nitrogens with zero attached hydrogens (tertiary/aromatic N) is 1. The van der Waals surface area contributed by atoms with Gasteiger partial charge in [0, 0.05) is 0 Å². The molecule has 0 radical (unpaired) electrons. The van der Waals surface area contributed by atoms with Gasteiger partial charge in [0.1, 0.15) is 5.76 Å². The van der Waals surface area contributed by atoms with Gasteiger partial charge in [0.05, 0.1) is 15.0 Å². The minimum absolute atomic E-state index is 0.0840. The Morgan fingerprint density at radius 2 is 2.06 bits per heavy atom. The van der Waals surface area contributed by atoms with Crippen LogP contribution in [0.15, 0.2) is 39.2 Å². The third-order valence-electron chi connectivity index (χ3n) is 2.18. The molecule has 0 aliphatic carbocycles. The van der Waals surface area contributed by atoms with E-state index in [9.17, 15) is 14.9 Å². The number of hydrogen-bond acceptors (Lipinski definition) is 4. The van der Waals surface area contributed by atoms with E-state index in [1.165, 1.54) is 12.1 Å². The average Bonchev–Trinajstić information content (AvgIpc) is 2.76. The first-order valence-corrected chi connectivity index (χ1v) is 5.41. The molecule has 0 unspecified atom stereocenters. The van der Waals surface area contributed by atoms with Crippen LogP contribution >= 0.6 is 15.9 Å². The van der Waals surface area contributed by atoms with Crippen LogP contribution in [0.1, 0.15) is 10.6 Å². The molecule has 0 aliphatic heterocycles. The molecule has 17 heavy (non-hydrogen) atoms. The quantitative estimate of drug-likeness (QED) is 0.494. The molecule has 1 aromatic heterocycles. The highest BCUT2D eigenvalue weighted by Crippen LogP contribution is 2.36. The molecule has 1 aromatic carbocycles. The van der Waals surface area contributed by atoms with Crippen LogP contribution in [0, 0.1) is 10.1 Å². The second-order valence-corrected chi connectivity index (χ2v) is 4.07. The molecule has 0 spiro atoms. The van der Waals surface area contributed by atoms with Gasteiger partial charge in [0.15, 0.2) is 12.0 Å². The van der Waals surface area contributed by atoms with Gasteiger partial charge in [-0.2, -0.15) is 0 Å². The number of furan rings is 1.